The molecule has 5 atom stereocenters. The molecular formula is C56H65F3N6O5S. The summed E-state index contributed by atoms with van der Waals surface area (Å²) in [7, 11) is 0. The van der Waals surface area contributed by atoms with Crippen molar-refractivity contribution in [2.75, 3.05) is 19.7 Å². The molecule has 6 aromatic rings. The van der Waals surface area contributed by atoms with Crippen LogP contribution < -0.4 is 15.4 Å². The van der Waals surface area contributed by atoms with Crippen molar-refractivity contribution in [1.82, 2.24) is 30.4 Å². The van der Waals surface area contributed by atoms with Crippen LogP contribution in [0.4, 0.5) is 13.2 Å². The zero-order valence-corrected chi connectivity index (χ0v) is 42.4. The van der Waals surface area contributed by atoms with E-state index in [-0.39, 0.29) is 55.9 Å². The van der Waals surface area contributed by atoms with Crippen LogP contribution in [0, 0.1) is 24.0 Å². The van der Waals surface area contributed by atoms with Crippen LogP contribution in [0.2, 0.25) is 0 Å². The molecule has 0 radical (unpaired) electrons. The minimum Gasteiger partial charge on any atom is -0.493 e. The summed E-state index contributed by atoms with van der Waals surface area (Å²) in [5, 5.41) is 17.5. The van der Waals surface area contributed by atoms with Crippen molar-refractivity contribution in [1.29, 1.82) is 0 Å². The van der Waals surface area contributed by atoms with Crippen molar-refractivity contribution in [2.45, 2.75) is 129 Å². The van der Waals surface area contributed by atoms with Crippen LogP contribution in [0.5, 0.6) is 5.75 Å². The molecule has 11 nitrogen and oxygen atoms in total. The number of unbranched alkanes of at least 4 members (excludes halogenated alkanes) is 2. The Morgan fingerprint density at radius 1 is 0.944 bits per heavy atom. The van der Waals surface area contributed by atoms with Gasteiger partial charge in [-0.25, -0.2) is 18.2 Å². The Morgan fingerprint density at radius 3 is 2.30 bits per heavy atom. The lowest BCUT2D eigenvalue weighted by Crippen LogP contribution is -2.57. The number of amides is 3. The van der Waals surface area contributed by atoms with Gasteiger partial charge in [-0.1, -0.05) is 75.4 Å². The number of halogens is 3. The molecule has 0 bridgehead atoms. The summed E-state index contributed by atoms with van der Waals surface area (Å²) in [4.78, 5) is 53.4. The molecule has 0 saturated carbocycles. The zero-order chi connectivity index (χ0) is 50.8. The van der Waals surface area contributed by atoms with Gasteiger partial charge in [0.1, 0.15) is 35.1 Å². The van der Waals surface area contributed by atoms with Crippen LogP contribution in [0.25, 0.3) is 21.3 Å². The van der Waals surface area contributed by atoms with E-state index in [0.29, 0.717) is 24.1 Å². The highest BCUT2D eigenvalue weighted by Gasteiger charge is 2.45. The molecule has 71 heavy (non-hydrogen) atoms. The Morgan fingerprint density at radius 2 is 1.63 bits per heavy atom. The maximum absolute atomic E-state index is 16.1. The van der Waals surface area contributed by atoms with Gasteiger partial charge >= 0.3 is 0 Å². The number of fused-ring (bicyclic) bond motifs is 3. The second kappa shape index (κ2) is 21.4. The first-order chi connectivity index (χ1) is 33.8. The number of nitrogens with one attached hydrogen (secondary N) is 3. The zero-order valence-electron chi connectivity index (χ0n) is 41.6. The largest absolute Gasteiger partial charge is 0.493 e. The van der Waals surface area contributed by atoms with E-state index < -0.39 is 58.8 Å². The molecule has 2 aliphatic rings. The molecule has 4 N–H and O–H groups in total. The van der Waals surface area contributed by atoms with Crippen molar-refractivity contribution in [3.63, 3.8) is 0 Å². The van der Waals surface area contributed by atoms with Crippen LogP contribution in [-0.4, -0.2) is 92.2 Å². The molecular weight excluding hydrogens is 926 g/mol. The summed E-state index contributed by atoms with van der Waals surface area (Å²) in [5.74, 6) is -2.66. The number of alkyl halides is 1. The normalized spacial score (nSPS) is 18.9. The number of carbonyl (C=O) groups is 3. The lowest BCUT2D eigenvalue weighted by molar-refractivity contribution is -0.142. The number of aromatic amines is 1. The molecule has 1 fully saturated rings. The lowest BCUT2D eigenvalue weighted by Gasteiger charge is -2.43. The Hall–Kier alpha value is -6.03. The number of hydrogen-bond donors (Lipinski definition) is 4. The number of para-hydroxylation sites is 1. The van der Waals surface area contributed by atoms with Crippen molar-refractivity contribution < 1.29 is 37.4 Å². The molecule has 376 valence electrons. The molecule has 0 spiro atoms. The number of H-pyrrole nitrogens is 1. The number of β-amino-alcohol motifs (C(OH)–C–C–N with tert-alkyl or cyclic N) is 1. The predicted octanol–water partition coefficient (Wildman–Crippen LogP) is 10.2. The molecule has 4 heterocycles. The summed E-state index contributed by atoms with van der Waals surface area (Å²) in [6.45, 7) is 12.9. The number of carbonyl (C=O) groups excluding carboxylic acids is 3. The Labute approximate surface area is 418 Å². The van der Waals surface area contributed by atoms with E-state index in [2.05, 4.69) is 20.6 Å². The number of hydrogen-bond acceptors (Lipinski definition) is 8. The molecule has 1 saturated heterocycles. The third-order valence-corrected chi connectivity index (χ3v) is 14.7. The summed E-state index contributed by atoms with van der Waals surface area (Å²) in [6.07, 6.45) is 2.77. The molecule has 15 heteroatoms. The first kappa shape index (κ1) is 51.3. The highest BCUT2D eigenvalue weighted by atomic mass is 32.1. The number of aryl methyl sites for hydroxylation is 2. The summed E-state index contributed by atoms with van der Waals surface area (Å²) >= 11 is 1.57. The fourth-order valence-electron chi connectivity index (χ4n) is 10.0. The quantitative estimate of drug-likeness (QED) is 0.0668. The number of rotatable bonds is 17. The van der Waals surface area contributed by atoms with Gasteiger partial charge in [-0.05, 0) is 106 Å². The maximum Gasteiger partial charge on any atom is 0.251 e. The second-order valence-corrected chi connectivity index (χ2v) is 21.8. The lowest BCUT2D eigenvalue weighted by atomic mass is 9.85. The predicted molar refractivity (Wildman–Crippen MR) is 272 cm³/mol. The summed E-state index contributed by atoms with van der Waals surface area (Å²) in [5.41, 5.74) is 6.16. The molecule has 0 unspecified atom stereocenters. The number of likely N-dealkylation sites (tertiary alicyclic amines) is 1. The Bertz CT molecular complexity index is 2830. The number of aromatic nitrogens is 2. The first-order valence-electron chi connectivity index (χ1n) is 24.6. The Balaban J connectivity index is 0.820. The number of aliphatic hydroxyl groups excluding tert-OH is 1. The van der Waals surface area contributed by atoms with E-state index >= 15 is 13.2 Å². The monoisotopic (exact) mass is 990 g/mol. The van der Waals surface area contributed by atoms with E-state index in [1.54, 1.807) is 23.5 Å². The number of nitrogens with zero attached hydrogens (tertiary/aromatic N) is 3. The number of benzene rings is 4. The standard InChI is InChI=1S/C56H65F3N6O5S/c1-33-25-42-41-14-10-11-15-45(41)62-48(42)49(65(33)31-56(6,7)59)47-43(57)27-40(28-44(47)58)70-24-12-8-9-13-35-16-22-38(23-17-35)52(67)63-51(55(3,4)5)54(69)64-30-39(66)26-46(64)53(68)60-29-36-18-20-37(21-19-36)50-34(2)61-32-71-50/h10-11,14-23,27-28,32-33,39,46,49,51,62,66H,8-9,12-13,24-26,29-31H2,1-7H3,(H,60,68)(H,63,67)/t33-,39-,46+,49-,51-/m1/s1. The SMILES string of the molecule is Cc1ncsc1-c1ccc(CNC(=O)[C@@H]2C[C@@H](O)CN2C(=O)[C@@H](NC(=O)c2ccc(CCCCCOc3cc(F)c([C@@H]4c5[nH]c6ccccc6c5C[C@@H](C)N4CC(C)(C)F)c(F)c3)cc2)C(C)(C)C)cc1. The maximum atomic E-state index is 16.1. The van der Waals surface area contributed by atoms with Gasteiger partial charge in [0.25, 0.3) is 5.91 Å². The molecule has 0 aliphatic carbocycles. The molecule has 8 rings (SSSR count). The van der Waals surface area contributed by atoms with Crippen molar-refractivity contribution in [2.24, 2.45) is 5.41 Å². The average Bonchev–Trinajstić information content (AvgIpc) is 4.04. The van der Waals surface area contributed by atoms with E-state index in [0.717, 1.165) is 63.0 Å². The van der Waals surface area contributed by atoms with Gasteiger partial charge < -0.3 is 30.4 Å². The molecule has 2 aliphatic heterocycles. The third kappa shape index (κ3) is 11.9. The fraction of sp³-hybridized carbons (Fsp3) is 0.429. The highest BCUT2D eigenvalue weighted by Crippen LogP contribution is 2.44. The molecule has 2 aromatic heterocycles. The van der Waals surface area contributed by atoms with Crippen molar-refractivity contribution in [3.05, 3.63) is 141 Å². The van der Waals surface area contributed by atoms with Gasteiger partial charge in [0.05, 0.1) is 34.8 Å². The number of aliphatic hydroxyl groups is 1. The average molecular weight is 991 g/mol. The topological polar surface area (TPSA) is 140 Å². The van der Waals surface area contributed by atoms with E-state index in [9.17, 15) is 19.5 Å². The smallest absolute Gasteiger partial charge is 0.251 e. The number of thiazole rings is 1. The minimum atomic E-state index is -1.60. The first-order valence-corrected chi connectivity index (χ1v) is 25.4. The summed E-state index contributed by atoms with van der Waals surface area (Å²) < 4.78 is 53.3. The van der Waals surface area contributed by atoms with Crippen molar-refractivity contribution >= 4 is 40.0 Å². The van der Waals surface area contributed by atoms with Gasteiger partial charge in [-0.2, -0.15) is 0 Å². The van der Waals surface area contributed by atoms with Crippen molar-refractivity contribution in [3.8, 4) is 16.2 Å². The van der Waals surface area contributed by atoms with E-state index in [1.165, 1.54) is 30.9 Å². The summed E-state index contributed by atoms with van der Waals surface area (Å²) in [6, 6.07) is 22.4. The van der Waals surface area contributed by atoms with Crippen LogP contribution in [0.1, 0.15) is 117 Å². The molecule has 4 aromatic carbocycles. The van der Waals surface area contributed by atoms with Crippen LogP contribution in [0.15, 0.2) is 90.4 Å². The third-order valence-electron chi connectivity index (χ3n) is 13.7. The highest BCUT2D eigenvalue weighted by molar-refractivity contribution is 7.13. The van der Waals surface area contributed by atoms with E-state index in [1.807, 2.05) is 106 Å². The van der Waals surface area contributed by atoms with Gasteiger partial charge in [-0.15, -0.1) is 11.3 Å². The Kier molecular flexibility index (Phi) is 15.4. The van der Waals surface area contributed by atoms with Gasteiger partial charge in [0.2, 0.25) is 11.8 Å². The fourth-order valence-corrected chi connectivity index (χ4v) is 10.8. The minimum absolute atomic E-state index is 0.00602. The van der Waals surface area contributed by atoms with Gasteiger partial charge in [0.15, 0.2) is 0 Å². The van der Waals surface area contributed by atoms with E-state index in [4.69, 9.17) is 4.74 Å². The van der Waals surface area contributed by atoms with Crippen LogP contribution in [-0.2, 0) is 29.0 Å². The molecule has 3 amide bonds. The van der Waals surface area contributed by atoms with Crippen LogP contribution >= 0.6 is 11.3 Å². The second-order valence-electron chi connectivity index (χ2n) is 20.9. The number of ether oxygens (including phenoxy) is 1. The van der Waals surface area contributed by atoms with Crippen LogP contribution in [0.3, 0.4) is 0 Å². The van der Waals surface area contributed by atoms with Gasteiger partial charge in [-0.3, -0.25) is 19.3 Å². The van der Waals surface area contributed by atoms with Gasteiger partial charge in [0, 0.05) is 72.0 Å².